The standard InChI is InChI=1S/C28H39N5O9S/c1-4-17-40-28(36)33(21-12-14-22(15-13-21)42-43(3,37)38)20-10-8-19(9-11-20)18-24(39-5-2)26(35)41-25(34)23(29)7-6-16-32-27(30)31/h8-15,23-24H,4-7,16-18,29H2,1-3H3,(H4,30,31,32)/t23-,24?/m0/s1. The van der Waals surface area contributed by atoms with Gasteiger partial charge in [0, 0.05) is 19.6 Å². The summed E-state index contributed by atoms with van der Waals surface area (Å²) in [7, 11) is -3.72. The van der Waals surface area contributed by atoms with Gasteiger partial charge in [0.2, 0.25) is 0 Å². The predicted molar refractivity (Wildman–Crippen MR) is 159 cm³/mol. The molecule has 43 heavy (non-hydrogen) atoms. The minimum Gasteiger partial charge on any atom is -0.449 e. The van der Waals surface area contributed by atoms with E-state index in [2.05, 4.69) is 5.32 Å². The van der Waals surface area contributed by atoms with Crippen LogP contribution in [0.3, 0.4) is 0 Å². The fourth-order valence-corrected chi connectivity index (χ4v) is 4.21. The van der Waals surface area contributed by atoms with E-state index in [1.165, 1.54) is 29.2 Å². The number of carbonyl (C=O) groups excluding carboxylic acids is 3. The molecule has 0 saturated heterocycles. The monoisotopic (exact) mass is 621 g/mol. The number of guanidine groups is 1. The molecule has 6 N–H and O–H groups in total. The second-order valence-corrected chi connectivity index (χ2v) is 10.9. The summed E-state index contributed by atoms with van der Waals surface area (Å²) in [4.78, 5) is 39.3. The maximum atomic E-state index is 13.0. The quantitative estimate of drug-likeness (QED) is 0.0531. The van der Waals surface area contributed by atoms with Crippen LogP contribution >= 0.6 is 0 Å². The molecule has 1 amide bonds. The van der Waals surface area contributed by atoms with Crippen LogP contribution in [0.1, 0.15) is 38.7 Å². The maximum Gasteiger partial charge on any atom is 0.418 e. The Hall–Kier alpha value is -4.21. The number of amides is 1. The minimum atomic E-state index is -3.72. The Morgan fingerprint density at radius 3 is 2.14 bits per heavy atom. The first-order chi connectivity index (χ1) is 20.3. The number of ether oxygens (including phenoxy) is 3. The molecule has 0 fully saturated rings. The molecule has 0 heterocycles. The number of nitrogens with zero attached hydrogens (tertiary/aromatic N) is 1. The van der Waals surface area contributed by atoms with Crippen molar-refractivity contribution in [1.29, 1.82) is 5.41 Å². The SMILES string of the molecule is CCCOC(=O)N(c1ccc(CC(OCC)C(=O)OC(=O)[C@@H](N)CCCNC(=N)N)cc1)c1ccc(OS(C)(=O)=O)cc1. The van der Waals surface area contributed by atoms with Crippen LogP contribution in [-0.2, 0) is 40.3 Å². The largest absolute Gasteiger partial charge is 0.449 e. The summed E-state index contributed by atoms with van der Waals surface area (Å²) in [5.41, 5.74) is 12.5. The van der Waals surface area contributed by atoms with Crippen LogP contribution in [0.25, 0.3) is 0 Å². The van der Waals surface area contributed by atoms with E-state index in [1.54, 1.807) is 31.2 Å². The van der Waals surface area contributed by atoms with Crippen LogP contribution in [0.5, 0.6) is 5.75 Å². The van der Waals surface area contributed by atoms with Crippen molar-refractivity contribution in [2.45, 2.75) is 51.7 Å². The summed E-state index contributed by atoms with van der Waals surface area (Å²) >= 11 is 0. The van der Waals surface area contributed by atoms with Crippen LogP contribution in [0, 0.1) is 5.41 Å². The number of benzene rings is 2. The van der Waals surface area contributed by atoms with E-state index in [0.29, 0.717) is 36.3 Å². The molecule has 236 valence electrons. The highest BCUT2D eigenvalue weighted by atomic mass is 32.2. The second-order valence-electron chi connectivity index (χ2n) is 9.37. The van der Waals surface area contributed by atoms with Crippen LogP contribution in [0.15, 0.2) is 48.5 Å². The van der Waals surface area contributed by atoms with E-state index in [1.807, 2.05) is 6.92 Å². The Morgan fingerprint density at radius 2 is 1.60 bits per heavy atom. The molecule has 1 unspecified atom stereocenters. The zero-order valence-electron chi connectivity index (χ0n) is 24.4. The van der Waals surface area contributed by atoms with E-state index < -0.39 is 40.3 Å². The zero-order valence-corrected chi connectivity index (χ0v) is 25.2. The number of hydrogen-bond acceptors (Lipinski definition) is 11. The maximum absolute atomic E-state index is 13.0. The number of nitrogens with one attached hydrogen (secondary N) is 2. The highest BCUT2D eigenvalue weighted by Crippen LogP contribution is 2.29. The fourth-order valence-electron chi connectivity index (χ4n) is 3.75. The first-order valence-corrected chi connectivity index (χ1v) is 15.4. The van der Waals surface area contributed by atoms with Gasteiger partial charge in [0.1, 0.15) is 11.8 Å². The molecule has 2 aromatic carbocycles. The lowest BCUT2D eigenvalue weighted by molar-refractivity contribution is -0.169. The molecule has 0 aliphatic rings. The highest BCUT2D eigenvalue weighted by Gasteiger charge is 2.27. The van der Waals surface area contributed by atoms with Crippen molar-refractivity contribution < 1.29 is 41.2 Å². The third kappa shape index (κ3) is 12.3. The van der Waals surface area contributed by atoms with E-state index in [4.69, 9.17) is 35.3 Å². The van der Waals surface area contributed by atoms with Crippen LogP contribution in [-0.4, -0.2) is 70.6 Å². The third-order valence-electron chi connectivity index (χ3n) is 5.71. The summed E-state index contributed by atoms with van der Waals surface area (Å²) < 4.78 is 43.6. The lowest BCUT2D eigenvalue weighted by atomic mass is 10.1. The number of hydrogen-bond donors (Lipinski definition) is 4. The summed E-state index contributed by atoms with van der Waals surface area (Å²) in [6.45, 7) is 4.28. The van der Waals surface area contributed by atoms with Crippen molar-refractivity contribution in [3.63, 3.8) is 0 Å². The highest BCUT2D eigenvalue weighted by molar-refractivity contribution is 7.86. The van der Waals surface area contributed by atoms with E-state index in [9.17, 15) is 22.8 Å². The Kier molecular flexibility index (Phi) is 13.9. The van der Waals surface area contributed by atoms with Crippen molar-refractivity contribution in [2.24, 2.45) is 11.5 Å². The van der Waals surface area contributed by atoms with Crippen molar-refractivity contribution in [3.05, 3.63) is 54.1 Å². The third-order valence-corrected chi connectivity index (χ3v) is 6.21. The molecule has 2 rings (SSSR count). The molecular formula is C28H39N5O9S. The van der Waals surface area contributed by atoms with Crippen LogP contribution in [0.4, 0.5) is 16.2 Å². The van der Waals surface area contributed by atoms with Gasteiger partial charge in [-0.15, -0.1) is 0 Å². The Labute approximate surface area is 251 Å². The second kappa shape index (κ2) is 17.0. The van der Waals surface area contributed by atoms with Crippen LogP contribution in [0.2, 0.25) is 0 Å². The topological polar surface area (TPSA) is 213 Å². The van der Waals surface area contributed by atoms with Gasteiger partial charge in [0.25, 0.3) is 0 Å². The Balaban J connectivity index is 2.15. The van der Waals surface area contributed by atoms with Gasteiger partial charge in [0.05, 0.1) is 24.2 Å². The zero-order chi connectivity index (χ0) is 32.0. The Bertz CT molecular complexity index is 1340. The normalized spacial score (nSPS) is 12.5. The van der Waals surface area contributed by atoms with E-state index in [-0.39, 0.29) is 37.8 Å². The van der Waals surface area contributed by atoms with Gasteiger partial charge in [-0.2, -0.15) is 8.42 Å². The number of esters is 2. The summed E-state index contributed by atoms with van der Waals surface area (Å²) in [6, 6.07) is 11.5. The molecule has 14 nitrogen and oxygen atoms in total. The van der Waals surface area contributed by atoms with Gasteiger partial charge in [-0.25, -0.2) is 19.3 Å². The van der Waals surface area contributed by atoms with Crippen molar-refractivity contribution in [3.8, 4) is 5.75 Å². The molecule has 2 atom stereocenters. The van der Waals surface area contributed by atoms with Gasteiger partial charge >= 0.3 is 28.1 Å². The molecule has 2 aromatic rings. The molecule has 0 aliphatic heterocycles. The minimum absolute atomic E-state index is 0.0792. The number of nitrogens with two attached hydrogens (primary N) is 2. The van der Waals surface area contributed by atoms with E-state index in [0.717, 1.165) is 6.26 Å². The molecule has 0 aliphatic carbocycles. The fraction of sp³-hybridized carbons (Fsp3) is 0.429. The van der Waals surface area contributed by atoms with Gasteiger partial charge < -0.3 is 35.2 Å². The average Bonchev–Trinajstić information content (AvgIpc) is 2.94. The molecule has 0 saturated carbocycles. The molecule has 0 aromatic heterocycles. The van der Waals surface area contributed by atoms with Crippen molar-refractivity contribution in [2.75, 3.05) is 30.9 Å². The van der Waals surface area contributed by atoms with Crippen molar-refractivity contribution in [1.82, 2.24) is 5.32 Å². The smallest absolute Gasteiger partial charge is 0.418 e. The van der Waals surface area contributed by atoms with Gasteiger partial charge in [-0.3, -0.25) is 5.41 Å². The van der Waals surface area contributed by atoms with Crippen molar-refractivity contribution >= 4 is 45.5 Å². The molecule has 15 heteroatoms. The van der Waals surface area contributed by atoms with E-state index >= 15 is 0 Å². The van der Waals surface area contributed by atoms with Gasteiger partial charge in [0.15, 0.2) is 12.1 Å². The number of carbonyl (C=O) groups is 3. The van der Waals surface area contributed by atoms with Gasteiger partial charge in [-0.05, 0) is 68.1 Å². The molecule has 0 radical (unpaired) electrons. The summed E-state index contributed by atoms with van der Waals surface area (Å²) in [6.07, 6.45) is 0.547. The number of rotatable bonds is 16. The Morgan fingerprint density at radius 1 is 1.00 bits per heavy atom. The first kappa shape index (κ1) is 35.0. The van der Waals surface area contributed by atoms with Crippen LogP contribution < -0.4 is 25.9 Å². The summed E-state index contributed by atoms with van der Waals surface area (Å²) in [5, 5.41) is 9.72. The van der Waals surface area contributed by atoms with Gasteiger partial charge in [-0.1, -0.05) is 19.1 Å². The molecular weight excluding hydrogens is 582 g/mol. The lowest BCUT2D eigenvalue weighted by Crippen LogP contribution is -2.39. The lowest BCUT2D eigenvalue weighted by Gasteiger charge is -2.23. The predicted octanol–water partition coefficient (Wildman–Crippen LogP) is 2.32. The first-order valence-electron chi connectivity index (χ1n) is 13.6. The molecule has 0 bridgehead atoms. The number of anilines is 2. The molecule has 0 spiro atoms. The average molecular weight is 622 g/mol. The summed E-state index contributed by atoms with van der Waals surface area (Å²) in [5.74, 6) is -1.88.